The molecule has 0 atom stereocenters. The van der Waals surface area contributed by atoms with Crippen molar-refractivity contribution in [3.8, 4) is 11.5 Å². The fourth-order valence-corrected chi connectivity index (χ4v) is 1.98. The highest BCUT2D eigenvalue weighted by Gasteiger charge is 2.16. The van der Waals surface area contributed by atoms with Gasteiger partial charge in [0.1, 0.15) is 18.1 Å². The number of rotatable bonds is 4. The van der Waals surface area contributed by atoms with E-state index in [1.54, 1.807) is 7.11 Å². The van der Waals surface area contributed by atoms with Crippen molar-refractivity contribution < 1.29 is 19.4 Å². The van der Waals surface area contributed by atoms with Crippen LogP contribution >= 0.6 is 0 Å². The Labute approximate surface area is 106 Å². The minimum atomic E-state index is -0.768. The van der Waals surface area contributed by atoms with Gasteiger partial charge in [0.2, 0.25) is 0 Å². The van der Waals surface area contributed by atoms with Crippen LogP contribution in [0.15, 0.2) is 18.2 Å². The van der Waals surface area contributed by atoms with Crippen molar-refractivity contribution in [2.24, 2.45) is 0 Å². The first-order valence-electron chi connectivity index (χ1n) is 5.93. The minimum Gasteiger partial charge on any atom is -0.497 e. The molecule has 5 nitrogen and oxygen atoms in total. The van der Waals surface area contributed by atoms with E-state index in [-0.39, 0.29) is 6.42 Å². The number of hydrogen-bond acceptors (Lipinski definition) is 4. The molecule has 0 radical (unpaired) electrons. The molecule has 0 aliphatic carbocycles. The molecule has 0 unspecified atom stereocenters. The van der Waals surface area contributed by atoms with Crippen LogP contribution < -0.4 is 9.47 Å². The van der Waals surface area contributed by atoms with Gasteiger partial charge in [-0.1, -0.05) is 6.07 Å². The summed E-state index contributed by atoms with van der Waals surface area (Å²) in [6.45, 7) is 2.57. The van der Waals surface area contributed by atoms with Crippen LogP contribution in [0.2, 0.25) is 0 Å². The summed E-state index contributed by atoms with van der Waals surface area (Å²) in [4.78, 5) is 12.7. The third-order valence-corrected chi connectivity index (χ3v) is 2.98. The molecule has 1 aliphatic heterocycles. The Hall–Kier alpha value is -1.75. The van der Waals surface area contributed by atoms with Crippen LogP contribution in [-0.4, -0.2) is 42.8 Å². The van der Waals surface area contributed by atoms with Crippen LogP contribution in [0.3, 0.4) is 0 Å². The van der Waals surface area contributed by atoms with E-state index in [4.69, 9.17) is 14.6 Å². The van der Waals surface area contributed by atoms with Crippen LogP contribution in [0.5, 0.6) is 11.5 Å². The van der Waals surface area contributed by atoms with E-state index < -0.39 is 5.97 Å². The standard InChI is InChI=1S/C13H17NO4/c1-17-11-3-2-10-9-14(5-4-13(15)16)6-7-18-12(10)8-11/h2-3,8H,4-7,9H2,1H3,(H,15,16). The van der Waals surface area contributed by atoms with Gasteiger partial charge in [0.15, 0.2) is 0 Å². The van der Waals surface area contributed by atoms with Crippen LogP contribution in [0.1, 0.15) is 12.0 Å². The minimum absolute atomic E-state index is 0.158. The fraction of sp³-hybridized carbons (Fsp3) is 0.462. The van der Waals surface area contributed by atoms with Gasteiger partial charge in [0, 0.05) is 31.3 Å². The average Bonchev–Trinajstić information content (AvgIpc) is 2.57. The predicted molar refractivity (Wildman–Crippen MR) is 66.0 cm³/mol. The Morgan fingerprint density at radius 3 is 3.11 bits per heavy atom. The molecule has 1 aromatic rings. The van der Waals surface area contributed by atoms with Gasteiger partial charge in [0.05, 0.1) is 13.5 Å². The average molecular weight is 251 g/mol. The van der Waals surface area contributed by atoms with E-state index in [2.05, 4.69) is 4.90 Å². The van der Waals surface area contributed by atoms with E-state index in [0.717, 1.165) is 23.6 Å². The number of carboxylic acid groups (broad SMARTS) is 1. The number of aliphatic carboxylic acids is 1. The topological polar surface area (TPSA) is 59.0 Å². The first kappa shape index (κ1) is 12.7. The molecule has 1 heterocycles. The van der Waals surface area contributed by atoms with Crippen LogP contribution in [0.4, 0.5) is 0 Å². The first-order valence-corrected chi connectivity index (χ1v) is 5.93. The van der Waals surface area contributed by atoms with Crippen molar-refractivity contribution in [1.82, 2.24) is 4.90 Å². The second-order valence-corrected chi connectivity index (χ2v) is 4.24. The van der Waals surface area contributed by atoms with E-state index in [0.29, 0.717) is 19.7 Å². The number of carbonyl (C=O) groups is 1. The monoisotopic (exact) mass is 251 g/mol. The molecule has 1 aromatic carbocycles. The lowest BCUT2D eigenvalue weighted by atomic mass is 10.2. The van der Waals surface area contributed by atoms with Gasteiger partial charge in [-0.15, -0.1) is 0 Å². The Bertz CT molecular complexity index is 433. The van der Waals surface area contributed by atoms with Gasteiger partial charge in [-0.05, 0) is 6.07 Å². The van der Waals surface area contributed by atoms with Gasteiger partial charge in [-0.2, -0.15) is 0 Å². The van der Waals surface area contributed by atoms with Crippen molar-refractivity contribution in [3.63, 3.8) is 0 Å². The van der Waals surface area contributed by atoms with E-state index in [1.807, 2.05) is 18.2 Å². The predicted octanol–water partition coefficient (Wildman–Crippen LogP) is 1.36. The van der Waals surface area contributed by atoms with Gasteiger partial charge >= 0.3 is 5.97 Å². The zero-order valence-corrected chi connectivity index (χ0v) is 10.4. The van der Waals surface area contributed by atoms with E-state index in [1.165, 1.54) is 0 Å². The van der Waals surface area contributed by atoms with Gasteiger partial charge in [-0.25, -0.2) is 0 Å². The lowest BCUT2D eigenvalue weighted by Crippen LogP contribution is -2.28. The fourth-order valence-electron chi connectivity index (χ4n) is 1.98. The van der Waals surface area contributed by atoms with E-state index in [9.17, 15) is 4.79 Å². The Kier molecular flexibility index (Phi) is 4.04. The second-order valence-electron chi connectivity index (χ2n) is 4.24. The molecule has 2 rings (SSSR count). The van der Waals surface area contributed by atoms with Crippen LogP contribution in [0.25, 0.3) is 0 Å². The summed E-state index contributed by atoms with van der Waals surface area (Å²) in [6.07, 6.45) is 0.158. The molecule has 5 heteroatoms. The number of carboxylic acids is 1. The highest BCUT2D eigenvalue weighted by molar-refractivity contribution is 5.66. The summed E-state index contributed by atoms with van der Waals surface area (Å²) in [7, 11) is 1.62. The molecule has 0 saturated carbocycles. The van der Waals surface area contributed by atoms with Crippen molar-refractivity contribution in [2.75, 3.05) is 26.8 Å². The molecule has 0 spiro atoms. The molecule has 0 aromatic heterocycles. The Morgan fingerprint density at radius 2 is 2.39 bits per heavy atom. The molecular weight excluding hydrogens is 234 g/mol. The molecule has 0 saturated heterocycles. The summed E-state index contributed by atoms with van der Waals surface area (Å²) in [5.41, 5.74) is 1.07. The van der Waals surface area contributed by atoms with Crippen molar-refractivity contribution in [2.45, 2.75) is 13.0 Å². The number of benzene rings is 1. The molecule has 1 N–H and O–H groups in total. The summed E-state index contributed by atoms with van der Waals surface area (Å²) < 4.78 is 10.8. The summed E-state index contributed by atoms with van der Waals surface area (Å²) in [6, 6.07) is 5.73. The van der Waals surface area contributed by atoms with Crippen LogP contribution in [-0.2, 0) is 11.3 Å². The van der Waals surface area contributed by atoms with E-state index >= 15 is 0 Å². The lowest BCUT2D eigenvalue weighted by molar-refractivity contribution is -0.137. The maximum absolute atomic E-state index is 10.6. The summed E-state index contributed by atoms with van der Waals surface area (Å²) in [5.74, 6) is 0.829. The third kappa shape index (κ3) is 3.13. The van der Waals surface area contributed by atoms with Crippen LogP contribution in [0, 0.1) is 0 Å². The van der Waals surface area contributed by atoms with Crippen molar-refractivity contribution in [3.05, 3.63) is 23.8 Å². The molecular formula is C13H17NO4. The zero-order valence-electron chi connectivity index (χ0n) is 10.4. The molecule has 98 valence electrons. The number of nitrogens with zero attached hydrogens (tertiary/aromatic N) is 1. The third-order valence-electron chi connectivity index (χ3n) is 2.98. The number of ether oxygens (including phenoxy) is 2. The second kappa shape index (κ2) is 5.73. The van der Waals surface area contributed by atoms with Gasteiger partial charge in [-0.3, -0.25) is 9.69 Å². The normalized spacial score (nSPS) is 15.4. The van der Waals surface area contributed by atoms with Gasteiger partial charge in [0.25, 0.3) is 0 Å². The highest BCUT2D eigenvalue weighted by atomic mass is 16.5. The quantitative estimate of drug-likeness (QED) is 0.875. The summed E-state index contributed by atoms with van der Waals surface area (Å²) in [5, 5.41) is 8.70. The molecule has 0 amide bonds. The molecule has 0 bridgehead atoms. The SMILES string of the molecule is COc1ccc2c(c1)OCCN(CCC(=O)O)C2. The maximum atomic E-state index is 10.6. The number of methoxy groups -OCH3 is 1. The Morgan fingerprint density at radius 1 is 1.56 bits per heavy atom. The van der Waals surface area contributed by atoms with Crippen molar-refractivity contribution in [1.29, 1.82) is 0 Å². The lowest BCUT2D eigenvalue weighted by Gasteiger charge is -2.17. The molecule has 0 fully saturated rings. The Balaban J connectivity index is 2.07. The maximum Gasteiger partial charge on any atom is 0.304 e. The largest absolute Gasteiger partial charge is 0.497 e. The molecule has 18 heavy (non-hydrogen) atoms. The smallest absolute Gasteiger partial charge is 0.304 e. The zero-order chi connectivity index (χ0) is 13.0. The van der Waals surface area contributed by atoms with Gasteiger partial charge < -0.3 is 14.6 Å². The summed E-state index contributed by atoms with van der Waals surface area (Å²) >= 11 is 0. The number of hydrogen-bond donors (Lipinski definition) is 1. The first-order chi connectivity index (χ1) is 8.69. The highest BCUT2D eigenvalue weighted by Crippen LogP contribution is 2.27. The number of fused-ring (bicyclic) bond motifs is 1. The van der Waals surface area contributed by atoms with Crippen molar-refractivity contribution >= 4 is 5.97 Å². The molecule has 1 aliphatic rings.